The molecule has 0 saturated carbocycles. The van der Waals surface area contributed by atoms with E-state index in [1.165, 1.54) is 0 Å². The summed E-state index contributed by atoms with van der Waals surface area (Å²) in [5, 5.41) is 8.77. The smallest absolute Gasteiger partial charge is 0.257 e. The number of amides is 2. The molecule has 0 saturated heterocycles. The van der Waals surface area contributed by atoms with Gasteiger partial charge in [0, 0.05) is 23.4 Å². The van der Waals surface area contributed by atoms with E-state index >= 15 is 0 Å². The number of rotatable bonds is 7. The second kappa shape index (κ2) is 12.5. The van der Waals surface area contributed by atoms with Gasteiger partial charge in [-0.1, -0.05) is 32.9 Å². The molecule has 0 radical (unpaired) electrons. The van der Waals surface area contributed by atoms with Crippen molar-refractivity contribution in [2.24, 2.45) is 0 Å². The third-order valence-electron chi connectivity index (χ3n) is 4.68. The fourth-order valence-corrected chi connectivity index (χ4v) is 3.09. The van der Waals surface area contributed by atoms with Crippen LogP contribution in [0.3, 0.4) is 0 Å². The lowest BCUT2D eigenvalue weighted by Crippen LogP contribution is -2.34. The van der Waals surface area contributed by atoms with Crippen molar-refractivity contribution in [2.75, 3.05) is 31.3 Å². The van der Waals surface area contributed by atoms with Gasteiger partial charge in [0.15, 0.2) is 5.11 Å². The average molecular weight is 477 g/mol. The Kier molecular flexibility index (Phi) is 10.8. The molecule has 2 aromatic carbocycles. The highest BCUT2D eigenvalue weighted by Crippen LogP contribution is 2.22. The summed E-state index contributed by atoms with van der Waals surface area (Å²) >= 11 is 5.25. The van der Waals surface area contributed by atoms with E-state index in [9.17, 15) is 9.59 Å². The number of nitrogens with zero attached hydrogens (tertiary/aromatic N) is 1. The van der Waals surface area contributed by atoms with Crippen LogP contribution >= 0.6 is 24.6 Å². The summed E-state index contributed by atoms with van der Waals surface area (Å²) in [6.45, 7) is 7.26. The van der Waals surface area contributed by atoms with Gasteiger partial charge in [0.25, 0.3) is 5.91 Å². The molecule has 0 aliphatic rings. The van der Waals surface area contributed by atoms with Crippen molar-refractivity contribution >= 4 is 52.9 Å². The predicted molar refractivity (Wildman–Crippen MR) is 139 cm³/mol. The summed E-state index contributed by atoms with van der Waals surface area (Å²) in [5.41, 5.74) is 3.18. The summed E-state index contributed by atoms with van der Waals surface area (Å²) < 4.78 is 0. The molecule has 32 heavy (non-hydrogen) atoms. The molecular weight excluding hydrogens is 444 g/mol. The first-order valence-corrected chi connectivity index (χ1v) is 10.7. The van der Waals surface area contributed by atoms with Crippen LogP contribution in [0.25, 0.3) is 0 Å². The monoisotopic (exact) mass is 476 g/mol. The van der Waals surface area contributed by atoms with E-state index in [1.807, 2.05) is 26.2 Å². The molecule has 0 heterocycles. The predicted octanol–water partition coefficient (Wildman–Crippen LogP) is 4.81. The Bertz CT molecular complexity index is 907. The van der Waals surface area contributed by atoms with Gasteiger partial charge in [-0.15, -0.1) is 12.4 Å². The maximum Gasteiger partial charge on any atom is 0.257 e. The van der Waals surface area contributed by atoms with Crippen LogP contribution in [-0.2, 0) is 10.2 Å². The van der Waals surface area contributed by atoms with Crippen LogP contribution in [0, 0.1) is 0 Å². The first kappa shape index (κ1) is 27.6. The summed E-state index contributed by atoms with van der Waals surface area (Å²) in [5.74, 6) is -0.276. The highest BCUT2D eigenvalue weighted by atomic mass is 35.5. The molecule has 2 aromatic rings. The van der Waals surface area contributed by atoms with E-state index in [4.69, 9.17) is 12.2 Å². The van der Waals surface area contributed by atoms with Crippen molar-refractivity contribution in [3.05, 3.63) is 59.7 Å². The number of benzene rings is 2. The van der Waals surface area contributed by atoms with Crippen molar-refractivity contribution in [3.8, 4) is 0 Å². The molecule has 3 N–H and O–H groups in total. The molecule has 0 bridgehead atoms. The lowest BCUT2D eigenvalue weighted by Gasteiger charge is -2.19. The minimum Gasteiger partial charge on any atom is -0.332 e. The first-order chi connectivity index (χ1) is 14.5. The molecule has 6 nitrogen and oxygen atoms in total. The first-order valence-electron chi connectivity index (χ1n) is 10.3. The van der Waals surface area contributed by atoms with Crippen molar-refractivity contribution in [1.82, 2.24) is 10.2 Å². The van der Waals surface area contributed by atoms with E-state index in [2.05, 4.69) is 41.6 Å². The molecule has 0 aliphatic carbocycles. The topological polar surface area (TPSA) is 73.5 Å². The van der Waals surface area contributed by atoms with Crippen molar-refractivity contribution in [2.45, 2.75) is 39.0 Å². The van der Waals surface area contributed by atoms with Gasteiger partial charge in [-0.25, -0.2) is 0 Å². The van der Waals surface area contributed by atoms with E-state index in [1.54, 1.807) is 36.4 Å². The summed E-state index contributed by atoms with van der Waals surface area (Å²) in [6.07, 6.45) is 1.29. The van der Waals surface area contributed by atoms with Crippen molar-refractivity contribution < 1.29 is 9.59 Å². The number of carbonyl (C=O) groups excluding carboxylic acids is 2. The van der Waals surface area contributed by atoms with Gasteiger partial charge in [0.05, 0.1) is 0 Å². The summed E-state index contributed by atoms with van der Waals surface area (Å²) in [7, 11) is 3.97. The maximum absolute atomic E-state index is 12.4. The SMILES string of the molecule is CN(C)CCCC(=O)Nc1ccc(NC(=S)NC(=O)c2ccc(C(C)(C)C)cc2)cc1.Cl. The van der Waals surface area contributed by atoms with E-state index in [0.717, 1.165) is 24.2 Å². The molecule has 2 amide bonds. The Balaban J connectivity index is 0.00000512. The average Bonchev–Trinajstić information content (AvgIpc) is 2.68. The van der Waals surface area contributed by atoms with Gasteiger partial charge in [-0.3, -0.25) is 14.9 Å². The molecule has 0 atom stereocenters. The molecule has 2 rings (SSSR count). The third-order valence-corrected chi connectivity index (χ3v) is 4.88. The Morgan fingerprint density at radius 2 is 1.44 bits per heavy atom. The number of thiocarbonyl (C=S) groups is 1. The van der Waals surface area contributed by atoms with Gasteiger partial charge in [-0.05, 0) is 86.7 Å². The normalized spacial score (nSPS) is 10.8. The number of hydrogen-bond acceptors (Lipinski definition) is 4. The van der Waals surface area contributed by atoms with Gasteiger partial charge in [0.2, 0.25) is 5.91 Å². The molecule has 0 fully saturated rings. The van der Waals surface area contributed by atoms with Gasteiger partial charge in [-0.2, -0.15) is 0 Å². The number of hydrogen-bond donors (Lipinski definition) is 3. The second-order valence-corrected chi connectivity index (χ2v) is 9.18. The van der Waals surface area contributed by atoms with Crippen LogP contribution in [0.5, 0.6) is 0 Å². The van der Waals surface area contributed by atoms with Crippen molar-refractivity contribution in [3.63, 3.8) is 0 Å². The molecule has 8 heteroatoms. The van der Waals surface area contributed by atoms with Crippen LogP contribution in [0.1, 0.15) is 49.5 Å². The lowest BCUT2D eigenvalue weighted by molar-refractivity contribution is -0.116. The quantitative estimate of drug-likeness (QED) is 0.500. The van der Waals surface area contributed by atoms with Gasteiger partial charge < -0.3 is 15.5 Å². The van der Waals surface area contributed by atoms with Gasteiger partial charge in [0.1, 0.15) is 0 Å². The highest BCUT2D eigenvalue weighted by Gasteiger charge is 2.15. The van der Waals surface area contributed by atoms with E-state index < -0.39 is 0 Å². The third kappa shape index (κ3) is 9.34. The number of anilines is 2. The minimum absolute atomic E-state index is 0. The van der Waals surface area contributed by atoms with Crippen LogP contribution in [0.4, 0.5) is 11.4 Å². The zero-order chi connectivity index (χ0) is 23.0. The molecule has 174 valence electrons. The van der Waals surface area contributed by atoms with E-state index in [0.29, 0.717) is 17.7 Å². The number of halogens is 1. The molecule has 0 aromatic heterocycles. The highest BCUT2D eigenvalue weighted by molar-refractivity contribution is 7.80. The summed E-state index contributed by atoms with van der Waals surface area (Å²) in [6, 6.07) is 14.7. The Morgan fingerprint density at radius 1 is 0.906 bits per heavy atom. The van der Waals surface area contributed by atoms with Crippen LogP contribution in [-0.4, -0.2) is 42.5 Å². The Labute approximate surface area is 202 Å². The summed E-state index contributed by atoms with van der Waals surface area (Å²) in [4.78, 5) is 26.4. The fraction of sp³-hybridized carbons (Fsp3) is 0.375. The van der Waals surface area contributed by atoms with E-state index in [-0.39, 0.29) is 34.7 Å². The second-order valence-electron chi connectivity index (χ2n) is 8.77. The molecule has 0 aliphatic heterocycles. The fourth-order valence-electron chi connectivity index (χ4n) is 2.88. The Hall–Kier alpha value is -2.48. The zero-order valence-corrected chi connectivity index (χ0v) is 21.0. The number of carbonyl (C=O) groups is 2. The van der Waals surface area contributed by atoms with Gasteiger partial charge >= 0.3 is 0 Å². The minimum atomic E-state index is -0.264. The van der Waals surface area contributed by atoms with Crippen LogP contribution in [0.2, 0.25) is 0 Å². The lowest BCUT2D eigenvalue weighted by atomic mass is 9.87. The molecule has 0 spiro atoms. The largest absolute Gasteiger partial charge is 0.332 e. The van der Waals surface area contributed by atoms with Crippen LogP contribution in [0.15, 0.2) is 48.5 Å². The molecular formula is C24H33ClN4O2S. The van der Waals surface area contributed by atoms with Crippen LogP contribution < -0.4 is 16.0 Å². The Morgan fingerprint density at radius 3 is 1.94 bits per heavy atom. The van der Waals surface area contributed by atoms with Crippen molar-refractivity contribution in [1.29, 1.82) is 0 Å². The number of nitrogens with one attached hydrogen (secondary N) is 3. The standard InChI is InChI=1S/C24H32N4O2S.ClH/c1-24(2,3)18-10-8-17(9-11-18)22(30)27-23(31)26-20-14-12-19(13-15-20)25-21(29)7-6-16-28(4)5;/h8-15H,6-7,16H2,1-5H3,(H,25,29)(H2,26,27,30,31);1H. The maximum atomic E-state index is 12.4. The molecule has 0 unspecified atom stereocenters. The zero-order valence-electron chi connectivity index (χ0n) is 19.3.